The van der Waals surface area contributed by atoms with Crippen LogP contribution in [0.4, 0.5) is 5.69 Å². The number of hydrazone groups is 1. The molecule has 2 N–H and O–H groups in total. The molecule has 0 unspecified atom stereocenters. The van der Waals surface area contributed by atoms with Crippen LogP contribution in [-0.4, -0.2) is 39.2 Å². The van der Waals surface area contributed by atoms with E-state index in [-0.39, 0.29) is 0 Å². The second-order valence-corrected chi connectivity index (χ2v) is 3.76. The molecule has 0 aliphatic rings. The Balaban J connectivity index is 2.57. The Hall–Kier alpha value is -2.37. The average molecular weight is 248 g/mol. The van der Waals surface area contributed by atoms with E-state index in [1.54, 1.807) is 0 Å². The number of hydrogen-bond donors (Lipinski definition) is 2. The van der Waals surface area contributed by atoms with E-state index in [9.17, 15) is 9.59 Å². The number of nitrogens with one attached hydrogen (secondary N) is 2. The molecule has 0 aliphatic carbocycles. The van der Waals surface area contributed by atoms with E-state index in [0.29, 0.717) is 0 Å². The van der Waals surface area contributed by atoms with E-state index >= 15 is 0 Å². The van der Waals surface area contributed by atoms with Gasteiger partial charge in [-0.2, -0.15) is 5.10 Å². The first-order chi connectivity index (χ1) is 8.54. The van der Waals surface area contributed by atoms with Gasteiger partial charge in [0.15, 0.2) is 0 Å². The molecule has 0 radical (unpaired) electrons. The second kappa shape index (κ2) is 6.39. The lowest BCUT2D eigenvalue weighted by Crippen LogP contribution is -2.35. The quantitative estimate of drug-likeness (QED) is 0.447. The van der Waals surface area contributed by atoms with Gasteiger partial charge in [0.25, 0.3) is 0 Å². The summed E-state index contributed by atoms with van der Waals surface area (Å²) in [5.41, 5.74) is 4.03. The molecule has 0 heterocycles. The lowest BCUT2D eigenvalue weighted by Gasteiger charge is -2.11. The van der Waals surface area contributed by atoms with Crippen molar-refractivity contribution in [2.75, 3.05) is 26.0 Å². The van der Waals surface area contributed by atoms with E-state index in [2.05, 4.69) is 15.8 Å². The molecule has 96 valence electrons. The highest BCUT2D eigenvalue weighted by atomic mass is 16.2. The fourth-order valence-electron chi connectivity index (χ4n) is 1.19. The molecule has 0 spiro atoms. The molecule has 1 rings (SSSR count). The lowest BCUT2D eigenvalue weighted by molar-refractivity contribution is -0.138. The maximum Gasteiger partial charge on any atom is 0.329 e. The van der Waals surface area contributed by atoms with E-state index in [1.807, 2.05) is 43.3 Å². The van der Waals surface area contributed by atoms with Gasteiger partial charge in [0.1, 0.15) is 0 Å². The highest BCUT2D eigenvalue weighted by molar-refractivity contribution is 6.34. The zero-order valence-corrected chi connectivity index (χ0v) is 10.6. The summed E-state index contributed by atoms with van der Waals surface area (Å²) in [7, 11) is 5.28. The molecule has 6 nitrogen and oxygen atoms in total. The molecule has 0 bridgehead atoms. The van der Waals surface area contributed by atoms with Crippen molar-refractivity contribution in [3.63, 3.8) is 0 Å². The van der Waals surface area contributed by atoms with Crippen LogP contribution in [0.15, 0.2) is 29.4 Å². The van der Waals surface area contributed by atoms with Crippen LogP contribution in [0.1, 0.15) is 5.56 Å². The molecule has 1 aromatic rings. The standard InChI is InChI=1S/C12H16N4O2/c1-13-11(17)12(18)15-14-8-9-4-6-10(7-5-9)16(2)3/h4-8H,1-3H3,(H,13,17)(H,15,18)/b14-8+. The Bertz CT molecular complexity index is 452. The van der Waals surface area contributed by atoms with Gasteiger partial charge in [-0.15, -0.1) is 0 Å². The fraction of sp³-hybridized carbons (Fsp3) is 0.250. The minimum Gasteiger partial charge on any atom is -0.378 e. The first-order valence-electron chi connectivity index (χ1n) is 5.37. The largest absolute Gasteiger partial charge is 0.378 e. The van der Waals surface area contributed by atoms with Gasteiger partial charge in [0.2, 0.25) is 0 Å². The number of carbonyl (C=O) groups excluding carboxylic acids is 2. The van der Waals surface area contributed by atoms with Gasteiger partial charge >= 0.3 is 11.8 Å². The maximum atomic E-state index is 11.1. The van der Waals surface area contributed by atoms with Gasteiger partial charge < -0.3 is 10.2 Å². The Labute approximate surface area is 106 Å². The molecule has 0 aliphatic heterocycles. The van der Waals surface area contributed by atoms with Crippen LogP contribution < -0.4 is 15.6 Å². The van der Waals surface area contributed by atoms with Crippen molar-refractivity contribution >= 4 is 23.7 Å². The zero-order valence-electron chi connectivity index (χ0n) is 10.6. The summed E-state index contributed by atoms with van der Waals surface area (Å²) in [6.07, 6.45) is 1.47. The van der Waals surface area contributed by atoms with Crippen LogP contribution in [0, 0.1) is 0 Å². The van der Waals surface area contributed by atoms with Crippen LogP contribution in [0.25, 0.3) is 0 Å². The van der Waals surface area contributed by atoms with Crippen molar-refractivity contribution < 1.29 is 9.59 Å². The summed E-state index contributed by atoms with van der Waals surface area (Å²) in [6, 6.07) is 7.60. The molecular formula is C12H16N4O2. The lowest BCUT2D eigenvalue weighted by atomic mass is 10.2. The summed E-state index contributed by atoms with van der Waals surface area (Å²) in [4.78, 5) is 23.9. The Kier molecular flexibility index (Phi) is 4.86. The summed E-state index contributed by atoms with van der Waals surface area (Å²) in [5.74, 6) is -1.52. The first kappa shape index (κ1) is 13.7. The predicted octanol–water partition coefficient (Wildman–Crippen LogP) is -0.0513. The van der Waals surface area contributed by atoms with Crippen molar-refractivity contribution in [2.24, 2.45) is 5.10 Å². The van der Waals surface area contributed by atoms with E-state index in [4.69, 9.17) is 0 Å². The number of anilines is 1. The Morgan fingerprint density at radius 2 is 1.78 bits per heavy atom. The van der Waals surface area contributed by atoms with Crippen LogP contribution >= 0.6 is 0 Å². The molecule has 6 heteroatoms. The van der Waals surface area contributed by atoms with Crippen molar-refractivity contribution in [3.05, 3.63) is 29.8 Å². The van der Waals surface area contributed by atoms with Crippen LogP contribution in [0.2, 0.25) is 0 Å². The van der Waals surface area contributed by atoms with Crippen molar-refractivity contribution in [3.8, 4) is 0 Å². The zero-order chi connectivity index (χ0) is 13.5. The third kappa shape index (κ3) is 3.89. The number of hydrogen-bond acceptors (Lipinski definition) is 4. The highest BCUT2D eigenvalue weighted by Crippen LogP contribution is 2.10. The van der Waals surface area contributed by atoms with Gasteiger partial charge in [-0.3, -0.25) is 9.59 Å². The van der Waals surface area contributed by atoms with E-state index < -0.39 is 11.8 Å². The van der Waals surface area contributed by atoms with Gasteiger partial charge in [0.05, 0.1) is 6.21 Å². The van der Waals surface area contributed by atoms with Gasteiger partial charge in [-0.05, 0) is 17.7 Å². The maximum absolute atomic E-state index is 11.1. The van der Waals surface area contributed by atoms with E-state index in [0.717, 1.165) is 11.3 Å². The normalized spacial score (nSPS) is 10.2. The number of rotatable bonds is 3. The summed E-state index contributed by atoms with van der Waals surface area (Å²) >= 11 is 0. The van der Waals surface area contributed by atoms with Crippen molar-refractivity contribution in [2.45, 2.75) is 0 Å². The number of carbonyl (C=O) groups is 2. The minimum atomic E-state index is -0.793. The number of likely N-dealkylation sites (N-methyl/N-ethyl adjacent to an activating group) is 1. The minimum absolute atomic E-state index is 0.727. The third-order valence-corrected chi connectivity index (χ3v) is 2.22. The summed E-state index contributed by atoms with van der Waals surface area (Å²) in [6.45, 7) is 0. The number of amides is 2. The van der Waals surface area contributed by atoms with Gasteiger partial charge in [-0.25, -0.2) is 5.43 Å². The van der Waals surface area contributed by atoms with Crippen LogP contribution in [0.3, 0.4) is 0 Å². The molecule has 0 saturated carbocycles. The van der Waals surface area contributed by atoms with Crippen molar-refractivity contribution in [1.82, 2.24) is 10.7 Å². The third-order valence-electron chi connectivity index (χ3n) is 2.22. The van der Waals surface area contributed by atoms with Crippen LogP contribution in [-0.2, 0) is 9.59 Å². The predicted molar refractivity (Wildman–Crippen MR) is 70.6 cm³/mol. The molecular weight excluding hydrogens is 232 g/mol. The second-order valence-electron chi connectivity index (χ2n) is 3.76. The SMILES string of the molecule is CNC(=O)C(=O)N/N=C/c1ccc(N(C)C)cc1. The smallest absolute Gasteiger partial charge is 0.329 e. The van der Waals surface area contributed by atoms with Crippen molar-refractivity contribution in [1.29, 1.82) is 0 Å². The Morgan fingerprint density at radius 3 is 2.28 bits per heavy atom. The van der Waals surface area contributed by atoms with Gasteiger partial charge in [-0.1, -0.05) is 12.1 Å². The van der Waals surface area contributed by atoms with Gasteiger partial charge in [0, 0.05) is 26.8 Å². The molecule has 0 atom stereocenters. The molecule has 0 saturated heterocycles. The Morgan fingerprint density at radius 1 is 1.17 bits per heavy atom. The fourth-order valence-corrected chi connectivity index (χ4v) is 1.19. The molecule has 0 fully saturated rings. The topological polar surface area (TPSA) is 73.8 Å². The summed E-state index contributed by atoms with van der Waals surface area (Å²) < 4.78 is 0. The van der Waals surface area contributed by atoms with E-state index in [1.165, 1.54) is 13.3 Å². The molecule has 2 amide bonds. The number of nitrogens with zero attached hydrogens (tertiary/aromatic N) is 2. The highest BCUT2D eigenvalue weighted by Gasteiger charge is 2.08. The van der Waals surface area contributed by atoms with Crippen LogP contribution in [0.5, 0.6) is 0 Å². The average Bonchev–Trinajstić information content (AvgIpc) is 2.38. The number of benzene rings is 1. The monoisotopic (exact) mass is 248 g/mol. The first-order valence-corrected chi connectivity index (χ1v) is 5.37. The molecule has 0 aromatic heterocycles. The summed E-state index contributed by atoms with van der Waals surface area (Å²) in [5, 5.41) is 5.89. The molecule has 18 heavy (non-hydrogen) atoms. The molecule has 1 aromatic carbocycles.